The second kappa shape index (κ2) is 8.13. The molecule has 0 radical (unpaired) electrons. The third-order valence-corrected chi connectivity index (χ3v) is 4.66. The minimum Gasteiger partial charge on any atom is -0.494 e. The van der Waals surface area contributed by atoms with Crippen LogP contribution in [0, 0.1) is 0 Å². The van der Waals surface area contributed by atoms with E-state index in [2.05, 4.69) is 5.32 Å². The Hall–Kier alpha value is -2.69. The van der Waals surface area contributed by atoms with Crippen molar-refractivity contribution in [2.45, 2.75) is 32.2 Å². The van der Waals surface area contributed by atoms with Gasteiger partial charge in [-0.2, -0.15) is 0 Å². The molecule has 3 rings (SSSR count). The lowest BCUT2D eigenvalue weighted by molar-refractivity contribution is -0.121. The topological polar surface area (TPSA) is 56.8 Å². The van der Waals surface area contributed by atoms with Crippen LogP contribution in [0.5, 0.6) is 17.2 Å². The monoisotopic (exact) mass is 355 g/mol. The summed E-state index contributed by atoms with van der Waals surface area (Å²) in [5.74, 6) is 2.26. The second-order valence-electron chi connectivity index (χ2n) is 6.32. The fraction of sp³-hybridized carbons (Fsp3) is 0.381. The molecule has 0 heterocycles. The highest BCUT2D eigenvalue weighted by Gasteiger charge is 2.26. The number of ether oxygens (including phenoxy) is 3. The largest absolute Gasteiger partial charge is 0.494 e. The van der Waals surface area contributed by atoms with Crippen LogP contribution in [0.15, 0.2) is 36.4 Å². The number of aryl methyl sites for hydroxylation is 1. The summed E-state index contributed by atoms with van der Waals surface area (Å²) in [5.41, 5.74) is 3.29. The van der Waals surface area contributed by atoms with E-state index in [-0.39, 0.29) is 11.9 Å². The highest BCUT2D eigenvalue weighted by atomic mass is 16.5. The van der Waals surface area contributed by atoms with Crippen LogP contribution in [-0.4, -0.2) is 26.7 Å². The number of fused-ring (bicyclic) bond motifs is 1. The maximum atomic E-state index is 12.5. The number of carbonyl (C=O) groups excluding carboxylic acids is 1. The fourth-order valence-corrected chi connectivity index (χ4v) is 3.38. The first kappa shape index (κ1) is 18.1. The van der Waals surface area contributed by atoms with Crippen molar-refractivity contribution in [3.8, 4) is 17.2 Å². The molecule has 1 unspecified atom stereocenters. The Bertz CT molecular complexity index is 770. The van der Waals surface area contributed by atoms with Crippen LogP contribution in [0.3, 0.4) is 0 Å². The highest BCUT2D eigenvalue weighted by Crippen LogP contribution is 2.39. The third kappa shape index (κ3) is 3.93. The van der Waals surface area contributed by atoms with Crippen molar-refractivity contribution in [3.05, 3.63) is 53.1 Å². The van der Waals surface area contributed by atoms with Gasteiger partial charge in [0.05, 0.1) is 33.3 Å². The summed E-state index contributed by atoms with van der Waals surface area (Å²) in [7, 11) is 3.26. The number of rotatable bonds is 7. The molecule has 2 aromatic rings. The lowest BCUT2D eigenvalue weighted by Crippen LogP contribution is -2.28. The SMILES string of the molecule is CCOc1ccc(CC(=O)NC2CCc3cc(OC)c(OC)cc32)cc1. The van der Waals surface area contributed by atoms with Gasteiger partial charge >= 0.3 is 0 Å². The van der Waals surface area contributed by atoms with Crippen molar-refractivity contribution in [1.29, 1.82) is 0 Å². The Morgan fingerprint density at radius 2 is 1.81 bits per heavy atom. The molecule has 1 aliphatic carbocycles. The van der Waals surface area contributed by atoms with Crippen LogP contribution in [0.4, 0.5) is 0 Å². The summed E-state index contributed by atoms with van der Waals surface area (Å²) in [6.45, 7) is 2.58. The van der Waals surface area contributed by atoms with Crippen LogP contribution in [-0.2, 0) is 17.6 Å². The Labute approximate surface area is 154 Å². The van der Waals surface area contributed by atoms with E-state index in [1.54, 1.807) is 14.2 Å². The van der Waals surface area contributed by atoms with Crippen LogP contribution in [0.25, 0.3) is 0 Å². The third-order valence-electron chi connectivity index (χ3n) is 4.66. The molecule has 26 heavy (non-hydrogen) atoms. The Kier molecular flexibility index (Phi) is 5.66. The average Bonchev–Trinajstić information content (AvgIpc) is 3.04. The maximum absolute atomic E-state index is 12.5. The normalized spacial score (nSPS) is 15.3. The van der Waals surface area contributed by atoms with Gasteiger partial charge in [-0.25, -0.2) is 0 Å². The quantitative estimate of drug-likeness (QED) is 0.826. The molecule has 0 spiro atoms. The van der Waals surface area contributed by atoms with Gasteiger partial charge in [0.15, 0.2) is 11.5 Å². The first-order valence-corrected chi connectivity index (χ1v) is 8.90. The molecule has 2 aromatic carbocycles. The zero-order valence-corrected chi connectivity index (χ0v) is 15.5. The smallest absolute Gasteiger partial charge is 0.224 e. The summed E-state index contributed by atoms with van der Waals surface area (Å²) >= 11 is 0. The standard InChI is InChI=1S/C21H25NO4/c1-4-26-16-8-5-14(6-9-16)11-21(23)22-18-10-7-15-12-19(24-2)20(25-3)13-17(15)18/h5-6,8-9,12-13,18H,4,7,10-11H2,1-3H3,(H,22,23). The molecule has 1 aliphatic rings. The Morgan fingerprint density at radius 1 is 1.12 bits per heavy atom. The van der Waals surface area contributed by atoms with Crippen LogP contribution in [0.2, 0.25) is 0 Å². The van der Waals surface area contributed by atoms with Crippen molar-refractivity contribution in [3.63, 3.8) is 0 Å². The molecule has 5 nitrogen and oxygen atoms in total. The van der Waals surface area contributed by atoms with Gasteiger partial charge in [0.2, 0.25) is 5.91 Å². The second-order valence-corrected chi connectivity index (χ2v) is 6.32. The van der Waals surface area contributed by atoms with Gasteiger partial charge < -0.3 is 19.5 Å². The van der Waals surface area contributed by atoms with Crippen molar-refractivity contribution in [1.82, 2.24) is 5.32 Å². The molecule has 1 atom stereocenters. The summed E-state index contributed by atoms with van der Waals surface area (Å²) < 4.78 is 16.2. The Morgan fingerprint density at radius 3 is 2.46 bits per heavy atom. The Balaban J connectivity index is 1.66. The zero-order chi connectivity index (χ0) is 18.5. The predicted molar refractivity (Wildman–Crippen MR) is 100 cm³/mol. The number of hydrogen-bond acceptors (Lipinski definition) is 4. The van der Waals surface area contributed by atoms with E-state index < -0.39 is 0 Å². The summed E-state index contributed by atoms with van der Waals surface area (Å²) in [5, 5.41) is 3.15. The van der Waals surface area contributed by atoms with E-state index in [1.807, 2.05) is 43.3 Å². The molecule has 0 bridgehead atoms. The number of methoxy groups -OCH3 is 2. The highest BCUT2D eigenvalue weighted by molar-refractivity contribution is 5.79. The molecule has 5 heteroatoms. The summed E-state index contributed by atoms with van der Waals surface area (Å²) in [6, 6.07) is 11.7. The number of hydrogen-bond donors (Lipinski definition) is 1. The van der Waals surface area contributed by atoms with Crippen LogP contribution < -0.4 is 19.5 Å². The predicted octanol–water partition coefficient (Wildman–Crippen LogP) is 3.45. The van der Waals surface area contributed by atoms with E-state index in [0.29, 0.717) is 18.8 Å². The minimum absolute atomic E-state index is 0.0139. The molecular formula is C21H25NO4. The van der Waals surface area contributed by atoms with E-state index >= 15 is 0 Å². The number of amides is 1. The van der Waals surface area contributed by atoms with Gasteiger partial charge in [-0.05, 0) is 60.7 Å². The van der Waals surface area contributed by atoms with Gasteiger partial charge in [-0.1, -0.05) is 12.1 Å². The van der Waals surface area contributed by atoms with Gasteiger partial charge in [0.1, 0.15) is 5.75 Å². The number of carbonyl (C=O) groups is 1. The van der Waals surface area contributed by atoms with Gasteiger partial charge in [0.25, 0.3) is 0 Å². The van der Waals surface area contributed by atoms with Gasteiger partial charge in [-0.3, -0.25) is 4.79 Å². The number of nitrogens with one attached hydrogen (secondary N) is 1. The van der Waals surface area contributed by atoms with Gasteiger partial charge in [-0.15, -0.1) is 0 Å². The average molecular weight is 355 g/mol. The zero-order valence-electron chi connectivity index (χ0n) is 15.5. The number of benzene rings is 2. The van der Waals surface area contributed by atoms with Crippen LogP contribution >= 0.6 is 0 Å². The molecule has 138 valence electrons. The molecule has 0 aliphatic heterocycles. The van der Waals surface area contributed by atoms with Crippen molar-refractivity contribution < 1.29 is 19.0 Å². The molecule has 0 saturated carbocycles. The van der Waals surface area contributed by atoms with E-state index in [0.717, 1.165) is 35.5 Å². The van der Waals surface area contributed by atoms with Crippen molar-refractivity contribution >= 4 is 5.91 Å². The first-order chi connectivity index (χ1) is 12.6. The molecule has 1 N–H and O–H groups in total. The summed E-state index contributed by atoms with van der Waals surface area (Å²) in [4.78, 5) is 12.5. The fourth-order valence-electron chi connectivity index (χ4n) is 3.38. The first-order valence-electron chi connectivity index (χ1n) is 8.90. The molecule has 0 fully saturated rings. The molecule has 0 saturated heterocycles. The van der Waals surface area contributed by atoms with Gasteiger partial charge in [0, 0.05) is 0 Å². The van der Waals surface area contributed by atoms with E-state index in [9.17, 15) is 4.79 Å². The minimum atomic E-state index is 0.0139. The lowest BCUT2D eigenvalue weighted by atomic mass is 10.1. The van der Waals surface area contributed by atoms with Crippen molar-refractivity contribution in [2.75, 3.05) is 20.8 Å². The molecule has 0 aromatic heterocycles. The lowest BCUT2D eigenvalue weighted by Gasteiger charge is -2.16. The molecule has 1 amide bonds. The summed E-state index contributed by atoms with van der Waals surface area (Å²) in [6.07, 6.45) is 2.16. The van der Waals surface area contributed by atoms with Crippen molar-refractivity contribution in [2.24, 2.45) is 0 Å². The van der Waals surface area contributed by atoms with E-state index in [1.165, 1.54) is 5.56 Å². The maximum Gasteiger partial charge on any atom is 0.224 e. The van der Waals surface area contributed by atoms with Crippen LogP contribution in [0.1, 0.15) is 36.1 Å². The molecular weight excluding hydrogens is 330 g/mol. The van der Waals surface area contributed by atoms with E-state index in [4.69, 9.17) is 14.2 Å².